The van der Waals surface area contributed by atoms with Crippen LogP contribution in [0, 0.1) is 26.6 Å². The summed E-state index contributed by atoms with van der Waals surface area (Å²) in [5.74, 6) is 1.80. The molecule has 0 aliphatic carbocycles. The van der Waals surface area contributed by atoms with E-state index in [0.717, 1.165) is 11.4 Å². The first-order valence-electron chi connectivity index (χ1n) is 6.84. The summed E-state index contributed by atoms with van der Waals surface area (Å²) < 4.78 is 20.3. The Labute approximate surface area is 127 Å². The molecule has 0 radical (unpaired) electrons. The van der Waals surface area contributed by atoms with E-state index in [0.29, 0.717) is 23.3 Å². The van der Waals surface area contributed by atoms with Crippen LogP contribution in [-0.4, -0.2) is 19.7 Å². The maximum Gasteiger partial charge on any atom is 0.224 e. The van der Waals surface area contributed by atoms with Crippen molar-refractivity contribution in [2.24, 2.45) is 0 Å². The Morgan fingerprint density at radius 1 is 1.00 bits per heavy atom. The Kier molecular flexibility index (Phi) is 3.58. The van der Waals surface area contributed by atoms with Crippen LogP contribution in [0.1, 0.15) is 17.2 Å². The van der Waals surface area contributed by atoms with Gasteiger partial charge in [0, 0.05) is 11.8 Å². The maximum atomic E-state index is 12.9. The Bertz CT molecular complexity index is 812. The molecule has 0 spiro atoms. The van der Waals surface area contributed by atoms with Gasteiger partial charge in [0.2, 0.25) is 5.88 Å². The van der Waals surface area contributed by atoms with Crippen LogP contribution in [0.5, 0.6) is 11.6 Å². The first-order chi connectivity index (χ1) is 10.5. The molecule has 0 aliphatic rings. The highest BCUT2D eigenvalue weighted by molar-refractivity contribution is 5.33. The zero-order valence-corrected chi connectivity index (χ0v) is 12.5. The van der Waals surface area contributed by atoms with Crippen molar-refractivity contribution in [3.05, 3.63) is 59.4 Å². The number of aromatic nitrogens is 4. The van der Waals surface area contributed by atoms with E-state index in [1.807, 2.05) is 19.9 Å². The minimum absolute atomic E-state index is 0.311. The van der Waals surface area contributed by atoms with E-state index in [1.165, 1.54) is 12.1 Å². The van der Waals surface area contributed by atoms with Gasteiger partial charge in [0.15, 0.2) is 5.82 Å². The number of aryl methyl sites for hydroxylation is 3. The molecule has 0 amide bonds. The number of nitrogens with zero attached hydrogens (tertiary/aromatic N) is 4. The van der Waals surface area contributed by atoms with Crippen LogP contribution >= 0.6 is 0 Å². The Hall–Kier alpha value is -2.76. The quantitative estimate of drug-likeness (QED) is 0.742. The van der Waals surface area contributed by atoms with Gasteiger partial charge < -0.3 is 4.74 Å². The Morgan fingerprint density at radius 3 is 2.36 bits per heavy atom. The summed E-state index contributed by atoms with van der Waals surface area (Å²) in [6, 6.07) is 9.45. The monoisotopic (exact) mass is 298 g/mol. The van der Waals surface area contributed by atoms with Crippen LogP contribution in [0.2, 0.25) is 0 Å². The molecule has 0 aliphatic heterocycles. The van der Waals surface area contributed by atoms with Gasteiger partial charge in [0.1, 0.15) is 17.4 Å². The van der Waals surface area contributed by atoms with Crippen LogP contribution in [-0.2, 0) is 0 Å². The van der Waals surface area contributed by atoms with Crippen molar-refractivity contribution in [1.29, 1.82) is 0 Å². The highest BCUT2D eigenvalue weighted by atomic mass is 19.1. The molecular weight excluding hydrogens is 283 g/mol. The zero-order chi connectivity index (χ0) is 15.7. The topological polar surface area (TPSA) is 52.8 Å². The molecule has 5 nitrogen and oxygen atoms in total. The minimum Gasteiger partial charge on any atom is -0.439 e. The summed E-state index contributed by atoms with van der Waals surface area (Å²) in [6.45, 7) is 5.66. The molecule has 3 aromatic rings. The fraction of sp³-hybridized carbons (Fsp3) is 0.188. The number of hydrogen-bond acceptors (Lipinski definition) is 4. The number of benzene rings is 1. The van der Waals surface area contributed by atoms with E-state index in [9.17, 15) is 4.39 Å². The lowest BCUT2D eigenvalue weighted by molar-refractivity contribution is 0.457. The number of hydrogen-bond donors (Lipinski definition) is 0. The van der Waals surface area contributed by atoms with Crippen molar-refractivity contribution in [3.63, 3.8) is 0 Å². The minimum atomic E-state index is -0.311. The standard InChI is InChI=1S/C16H15FN4O/c1-10-8-11(2)21(20-10)15-9-16(19-12(3)18-15)22-14-6-4-13(17)5-7-14/h4-9H,1-3H3. The van der Waals surface area contributed by atoms with Crippen LogP contribution < -0.4 is 4.74 Å². The molecule has 0 atom stereocenters. The molecule has 2 heterocycles. The normalized spacial score (nSPS) is 10.7. The summed E-state index contributed by atoms with van der Waals surface area (Å²) in [7, 11) is 0. The summed E-state index contributed by atoms with van der Waals surface area (Å²) >= 11 is 0. The molecule has 0 unspecified atom stereocenters. The summed E-state index contributed by atoms with van der Waals surface area (Å²) in [4.78, 5) is 8.63. The van der Waals surface area contributed by atoms with Gasteiger partial charge in [0.05, 0.1) is 5.69 Å². The van der Waals surface area contributed by atoms with Crippen molar-refractivity contribution >= 4 is 0 Å². The van der Waals surface area contributed by atoms with Crippen molar-refractivity contribution < 1.29 is 9.13 Å². The number of ether oxygens (including phenoxy) is 1. The summed E-state index contributed by atoms with van der Waals surface area (Å²) in [6.07, 6.45) is 0. The molecule has 0 N–H and O–H groups in total. The molecule has 0 saturated carbocycles. The third-order valence-electron chi connectivity index (χ3n) is 3.06. The van der Waals surface area contributed by atoms with E-state index in [4.69, 9.17) is 4.74 Å². The van der Waals surface area contributed by atoms with Crippen LogP contribution in [0.4, 0.5) is 4.39 Å². The van der Waals surface area contributed by atoms with Gasteiger partial charge in [-0.15, -0.1) is 0 Å². The van der Waals surface area contributed by atoms with Crippen molar-refractivity contribution in [2.45, 2.75) is 20.8 Å². The third-order valence-corrected chi connectivity index (χ3v) is 3.06. The molecule has 0 fully saturated rings. The smallest absolute Gasteiger partial charge is 0.224 e. The number of halogens is 1. The molecule has 3 rings (SSSR count). The van der Waals surface area contributed by atoms with Crippen LogP contribution in [0.25, 0.3) is 5.82 Å². The lowest BCUT2D eigenvalue weighted by atomic mass is 10.3. The molecule has 1 aromatic carbocycles. The highest BCUT2D eigenvalue weighted by Gasteiger charge is 2.09. The second kappa shape index (κ2) is 5.55. The fourth-order valence-corrected chi connectivity index (χ4v) is 2.17. The summed E-state index contributed by atoms with van der Waals surface area (Å²) in [5, 5.41) is 4.40. The van der Waals surface area contributed by atoms with E-state index in [2.05, 4.69) is 15.1 Å². The third kappa shape index (κ3) is 2.95. The average Bonchev–Trinajstić information content (AvgIpc) is 2.80. The zero-order valence-electron chi connectivity index (χ0n) is 12.5. The van der Waals surface area contributed by atoms with Crippen molar-refractivity contribution in [1.82, 2.24) is 19.7 Å². The highest BCUT2D eigenvalue weighted by Crippen LogP contribution is 2.22. The van der Waals surface area contributed by atoms with E-state index >= 15 is 0 Å². The lowest BCUT2D eigenvalue weighted by Crippen LogP contribution is -2.05. The first kappa shape index (κ1) is 14.2. The van der Waals surface area contributed by atoms with Gasteiger partial charge in [-0.2, -0.15) is 10.1 Å². The first-order valence-corrected chi connectivity index (χ1v) is 6.84. The second-order valence-electron chi connectivity index (χ2n) is 5.01. The molecule has 22 heavy (non-hydrogen) atoms. The van der Waals surface area contributed by atoms with Crippen LogP contribution in [0.3, 0.4) is 0 Å². The summed E-state index contributed by atoms with van der Waals surface area (Å²) in [5.41, 5.74) is 1.89. The second-order valence-corrected chi connectivity index (χ2v) is 5.01. The van der Waals surface area contributed by atoms with Crippen LogP contribution in [0.15, 0.2) is 36.4 Å². The van der Waals surface area contributed by atoms with Crippen molar-refractivity contribution in [3.8, 4) is 17.4 Å². The fourth-order valence-electron chi connectivity index (χ4n) is 2.17. The van der Waals surface area contributed by atoms with Gasteiger partial charge in [-0.3, -0.25) is 0 Å². The molecular formula is C16H15FN4O. The number of rotatable bonds is 3. The van der Waals surface area contributed by atoms with E-state index < -0.39 is 0 Å². The Morgan fingerprint density at radius 2 is 1.73 bits per heavy atom. The van der Waals surface area contributed by atoms with Gasteiger partial charge >= 0.3 is 0 Å². The van der Waals surface area contributed by atoms with Gasteiger partial charge in [0.25, 0.3) is 0 Å². The average molecular weight is 298 g/mol. The molecule has 112 valence electrons. The van der Waals surface area contributed by atoms with Gasteiger partial charge in [-0.25, -0.2) is 14.1 Å². The molecule has 6 heteroatoms. The van der Waals surface area contributed by atoms with Gasteiger partial charge in [-0.1, -0.05) is 0 Å². The lowest BCUT2D eigenvalue weighted by Gasteiger charge is -2.09. The SMILES string of the molecule is Cc1cc(C)n(-c2cc(Oc3ccc(F)cc3)nc(C)n2)n1. The van der Waals surface area contributed by atoms with E-state index in [1.54, 1.807) is 29.8 Å². The van der Waals surface area contributed by atoms with E-state index in [-0.39, 0.29) is 5.82 Å². The maximum absolute atomic E-state index is 12.9. The molecule has 0 saturated heterocycles. The Balaban J connectivity index is 1.96. The molecule has 0 bridgehead atoms. The molecule has 2 aromatic heterocycles. The largest absolute Gasteiger partial charge is 0.439 e. The predicted octanol–water partition coefficient (Wildman–Crippen LogP) is 3.52. The predicted molar refractivity (Wildman–Crippen MR) is 79.8 cm³/mol. The van der Waals surface area contributed by atoms with Crippen molar-refractivity contribution in [2.75, 3.05) is 0 Å². The van der Waals surface area contributed by atoms with Gasteiger partial charge in [-0.05, 0) is 51.1 Å².